The first kappa shape index (κ1) is 17.5. The Balaban J connectivity index is 1.73. The van der Waals surface area contributed by atoms with E-state index in [1.807, 2.05) is 37.3 Å². The fraction of sp³-hybridized carbons (Fsp3) is 0.350. The van der Waals surface area contributed by atoms with Gasteiger partial charge in [-0.25, -0.2) is 4.98 Å². The zero-order valence-electron chi connectivity index (χ0n) is 15.6. The van der Waals surface area contributed by atoms with Crippen molar-refractivity contribution in [2.75, 3.05) is 19.7 Å². The van der Waals surface area contributed by atoms with Crippen molar-refractivity contribution in [2.24, 2.45) is 7.05 Å². The molecule has 27 heavy (non-hydrogen) atoms. The van der Waals surface area contributed by atoms with Crippen LogP contribution in [0.1, 0.15) is 28.6 Å². The minimum atomic E-state index is -0.605. The van der Waals surface area contributed by atoms with Crippen LogP contribution in [-0.2, 0) is 17.4 Å². The summed E-state index contributed by atoms with van der Waals surface area (Å²) in [4.78, 5) is 31.7. The third kappa shape index (κ3) is 2.84. The molecular weight excluding hydrogens is 346 g/mol. The third-order valence-corrected chi connectivity index (χ3v) is 5.11. The molecule has 0 radical (unpaired) electrons. The van der Waals surface area contributed by atoms with Crippen LogP contribution in [0.5, 0.6) is 0 Å². The second-order valence-corrected chi connectivity index (χ2v) is 7.05. The second-order valence-electron chi connectivity index (χ2n) is 7.05. The van der Waals surface area contributed by atoms with Gasteiger partial charge in [-0.15, -0.1) is 0 Å². The average molecular weight is 367 g/mol. The minimum absolute atomic E-state index is 0.193. The van der Waals surface area contributed by atoms with Crippen LogP contribution in [0.15, 0.2) is 45.9 Å². The molecule has 1 aliphatic rings. The largest absolute Gasteiger partial charge is 0.442 e. The quantitative estimate of drug-likeness (QED) is 0.694. The zero-order valence-corrected chi connectivity index (χ0v) is 15.6. The fourth-order valence-corrected chi connectivity index (χ4v) is 3.61. The Morgan fingerprint density at radius 1 is 1.26 bits per heavy atom. The Bertz CT molecular complexity index is 1070. The molecule has 0 spiro atoms. The van der Waals surface area contributed by atoms with Crippen molar-refractivity contribution in [2.45, 2.75) is 19.4 Å². The standard InChI is InChI=1S/C20H21N3O4/c1-13-15(16-17(27-13)21-12-22(3)18(16)24)19(25)23-9-10-26-20(2,11-23)14-7-5-4-6-8-14/h4-8,12H,9-11H2,1-3H3/t20-/m1/s1. The summed E-state index contributed by atoms with van der Waals surface area (Å²) in [7, 11) is 1.60. The SMILES string of the molecule is Cc1oc2ncn(C)c(=O)c2c1C(=O)N1CCO[C@@](C)(c2ccccc2)C1. The van der Waals surface area contributed by atoms with Gasteiger partial charge in [0.05, 0.1) is 18.7 Å². The van der Waals surface area contributed by atoms with Crippen LogP contribution in [0.2, 0.25) is 0 Å². The molecule has 0 bridgehead atoms. The van der Waals surface area contributed by atoms with Gasteiger partial charge in [0.25, 0.3) is 11.5 Å². The first-order valence-electron chi connectivity index (χ1n) is 8.84. The Labute approximate surface area is 156 Å². The maximum absolute atomic E-state index is 13.3. The summed E-state index contributed by atoms with van der Waals surface area (Å²) in [6.07, 6.45) is 1.39. The number of carbonyl (C=O) groups is 1. The molecule has 0 saturated carbocycles. The van der Waals surface area contributed by atoms with Gasteiger partial charge in [0, 0.05) is 13.6 Å². The highest BCUT2D eigenvalue weighted by Gasteiger charge is 2.37. The van der Waals surface area contributed by atoms with E-state index in [1.54, 1.807) is 18.9 Å². The summed E-state index contributed by atoms with van der Waals surface area (Å²) in [6, 6.07) is 9.84. The van der Waals surface area contributed by atoms with Crippen molar-refractivity contribution in [3.63, 3.8) is 0 Å². The number of carbonyl (C=O) groups excluding carboxylic acids is 1. The van der Waals surface area contributed by atoms with E-state index in [9.17, 15) is 9.59 Å². The predicted octanol–water partition coefficient (Wildman–Crippen LogP) is 2.22. The number of furan rings is 1. The molecule has 1 atom stereocenters. The number of morpholine rings is 1. The van der Waals surface area contributed by atoms with Gasteiger partial charge < -0.3 is 18.6 Å². The van der Waals surface area contributed by atoms with Gasteiger partial charge in [0.2, 0.25) is 5.71 Å². The second kappa shape index (κ2) is 6.35. The molecule has 140 valence electrons. The minimum Gasteiger partial charge on any atom is -0.442 e. The number of benzene rings is 1. The van der Waals surface area contributed by atoms with Gasteiger partial charge in [-0.2, -0.15) is 0 Å². The fourth-order valence-electron chi connectivity index (χ4n) is 3.61. The maximum atomic E-state index is 13.3. The molecule has 1 fully saturated rings. The lowest BCUT2D eigenvalue weighted by Gasteiger charge is -2.40. The number of amides is 1. The van der Waals surface area contributed by atoms with Crippen molar-refractivity contribution < 1.29 is 13.9 Å². The third-order valence-electron chi connectivity index (χ3n) is 5.11. The first-order chi connectivity index (χ1) is 12.9. The first-order valence-corrected chi connectivity index (χ1v) is 8.84. The van der Waals surface area contributed by atoms with Gasteiger partial charge in [-0.1, -0.05) is 30.3 Å². The summed E-state index contributed by atoms with van der Waals surface area (Å²) in [5.74, 6) is 0.167. The Morgan fingerprint density at radius 3 is 2.74 bits per heavy atom. The van der Waals surface area contributed by atoms with Gasteiger partial charge in [0.1, 0.15) is 23.1 Å². The van der Waals surface area contributed by atoms with Crippen molar-refractivity contribution in [3.8, 4) is 0 Å². The number of nitrogens with zero attached hydrogens (tertiary/aromatic N) is 3. The summed E-state index contributed by atoms with van der Waals surface area (Å²) in [5, 5.41) is 0.232. The van der Waals surface area contributed by atoms with Crippen LogP contribution < -0.4 is 5.56 Å². The molecular formula is C20H21N3O4. The van der Waals surface area contributed by atoms with Crippen LogP contribution in [-0.4, -0.2) is 40.1 Å². The molecule has 4 rings (SSSR count). The van der Waals surface area contributed by atoms with Crippen LogP contribution in [0.3, 0.4) is 0 Å². The highest BCUT2D eigenvalue weighted by Crippen LogP contribution is 2.31. The van der Waals surface area contributed by atoms with Gasteiger partial charge in [-0.3, -0.25) is 9.59 Å². The highest BCUT2D eigenvalue weighted by molar-refractivity contribution is 6.06. The topological polar surface area (TPSA) is 77.6 Å². The normalized spacial score (nSPS) is 20.2. The smallest absolute Gasteiger partial charge is 0.265 e. The van der Waals surface area contributed by atoms with E-state index in [0.717, 1.165) is 5.56 Å². The summed E-state index contributed by atoms with van der Waals surface area (Å²) in [6.45, 7) is 4.92. The van der Waals surface area contributed by atoms with E-state index in [4.69, 9.17) is 9.15 Å². The van der Waals surface area contributed by atoms with Crippen LogP contribution in [0, 0.1) is 6.92 Å². The average Bonchev–Trinajstić information content (AvgIpc) is 3.01. The lowest BCUT2D eigenvalue weighted by atomic mass is 9.93. The Kier molecular flexibility index (Phi) is 4.11. The summed E-state index contributed by atoms with van der Waals surface area (Å²) < 4.78 is 12.9. The molecule has 2 aromatic heterocycles. The number of aromatic nitrogens is 2. The van der Waals surface area contributed by atoms with Crippen LogP contribution in [0.4, 0.5) is 0 Å². The number of rotatable bonds is 2. The predicted molar refractivity (Wildman–Crippen MR) is 99.6 cm³/mol. The lowest BCUT2D eigenvalue weighted by molar-refractivity contribution is -0.0930. The molecule has 0 unspecified atom stereocenters. The van der Waals surface area contributed by atoms with Crippen molar-refractivity contribution in [3.05, 3.63) is 63.9 Å². The molecule has 1 amide bonds. The number of hydrogen-bond donors (Lipinski definition) is 0. The molecule has 7 heteroatoms. The highest BCUT2D eigenvalue weighted by atomic mass is 16.5. The molecule has 1 aromatic carbocycles. The molecule has 1 saturated heterocycles. The van der Waals surface area contributed by atoms with E-state index < -0.39 is 5.60 Å². The van der Waals surface area contributed by atoms with E-state index in [-0.39, 0.29) is 28.1 Å². The molecule has 0 aliphatic carbocycles. The van der Waals surface area contributed by atoms with Crippen LogP contribution in [0.25, 0.3) is 11.1 Å². The van der Waals surface area contributed by atoms with Gasteiger partial charge >= 0.3 is 0 Å². The van der Waals surface area contributed by atoms with E-state index >= 15 is 0 Å². The Hall–Kier alpha value is -2.93. The lowest BCUT2D eigenvalue weighted by Crippen LogP contribution is -2.50. The molecule has 0 N–H and O–H groups in total. The van der Waals surface area contributed by atoms with Crippen molar-refractivity contribution in [1.82, 2.24) is 14.5 Å². The maximum Gasteiger partial charge on any atom is 0.265 e. The molecule has 3 heterocycles. The van der Waals surface area contributed by atoms with E-state index in [0.29, 0.717) is 25.5 Å². The van der Waals surface area contributed by atoms with Crippen molar-refractivity contribution >= 4 is 17.0 Å². The molecule has 7 nitrogen and oxygen atoms in total. The van der Waals surface area contributed by atoms with Crippen molar-refractivity contribution in [1.29, 1.82) is 0 Å². The monoisotopic (exact) mass is 367 g/mol. The summed E-state index contributed by atoms with van der Waals surface area (Å²) in [5.41, 5.74) is 0.591. The number of fused-ring (bicyclic) bond motifs is 1. The van der Waals surface area contributed by atoms with E-state index in [1.165, 1.54) is 10.9 Å². The van der Waals surface area contributed by atoms with Gasteiger partial charge in [-0.05, 0) is 19.4 Å². The molecule has 1 aliphatic heterocycles. The Morgan fingerprint density at radius 2 is 2.00 bits per heavy atom. The number of aryl methyl sites for hydroxylation is 2. The van der Waals surface area contributed by atoms with Crippen LogP contribution >= 0.6 is 0 Å². The number of ether oxygens (including phenoxy) is 1. The van der Waals surface area contributed by atoms with Gasteiger partial charge in [0.15, 0.2) is 0 Å². The zero-order chi connectivity index (χ0) is 19.2. The molecule has 3 aromatic rings. The number of hydrogen-bond acceptors (Lipinski definition) is 5. The summed E-state index contributed by atoms with van der Waals surface area (Å²) >= 11 is 0. The van der Waals surface area contributed by atoms with E-state index in [2.05, 4.69) is 4.98 Å².